The zero-order valence-electron chi connectivity index (χ0n) is 27.6. The Morgan fingerprint density at radius 1 is 1.14 bits per heavy atom. The van der Waals surface area contributed by atoms with Crippen LogP contribution < -0.4 is 10.6 Å². The number of nitrogens with two attached hydrogens (primary N) is 1. The molecule has 0 bridgehead atoms. The number of carbonyl (C=O) groups excluding carboxylic acids is 2. The second-order valence-corrected chi connectivity index (χ2v) is 13.2. The Hall–Kier alpha value is -5.18. The molecule has 250 valence electrons. The van der Waals surface area contributed by atoms with Crippen LogP contribution in [-0.2, 0) is 9.59 Å². The highest BCUT2D eigenvalue weighted by Crippen LogP contribution is 2.42. The van der Waals surface area contributed by atoms with E-state index in [1.54, 1.807) is 13.1 Å². The van der Waals surface area contributed by atoms with Crippen molar-refractivity contribution < 1.29 is 9.59 Å². The number of aromatic nitrogens is 1. The standard InChI is InChI=1S/C37H38ClN9O2/c1-24-3-8-29(18-30(24)34(40)28-17-31(38)32(19-39)43-20-28)47-16-12-37(36(47)49)11-15-45(22-37)21-33(48)46-13-9-26(10-14-46)25-4-6-27(7-5-25)35(41)44-23-42-2/h3-9,17-18,20,23,40H,10-16,21-22H2,1-2H3,(H2,41,42,44)/t37-/m0/s1. The van der Waals surface area contributed by atoms with Crippen molar-refractivity contribution in [1.29, 1.82) is 10.7 Å². The Kier molecular flexibility index (Phi) is 9.72. The number of nitrogens with zero attached hydrogens (tertiary/aromatic N) is 7. The van der Waals surface area contributed by atoms with Gasteiger partial charge in [0.05, 0.1) is 22.7 Å². The molecule has 1 aromatic heterocycles. The summed E-state index contributed by atoms with van der Waals surface area (Å²) in [6, 6.07) is 17.2. The van der Waals surface area contributed by atoms with Gasteiger partial charge in [-0.25, -0.2) is 9.98 Å². The molecule has 3 N–H and O–H groups in total. The van der Waals surface area contributed by atoms with Crippen LogP contribution in [0.1, 0.15) is 52.8 Å². The average Bonchev–Trinajstić information content (AvgIpc) is 3.68. The molecule has 0 radical (unpaired) electrons. The van der Waals surface area contributed by atoms with Gasteiger partial charge in [0, 0.05) is 61.8 Å². The quantitative estimate of drug-likeness (QED) is 0.266. The fourth-order valence-corrected chi connectivity index (χ4v) is 7.11. The van der Waals surface area contributed by atoms with E-state index in [0.29, 0.717) is 69.1 Å². The molecule has 2 saturated heterocycles. The van der Waals surface area contributed by atoms with Gasteiger partial charge in [-0.1, -0.05) is 48.0 Å². The lowest BCUT2D eigenvalue weighted by Crippen LogP contribution is -2.43. The van der Waals surface area contributed by atoms with Gasteiger partial charge < -0.3 is 15.5 Å². The zero-order chi connectivity index (χ0) is 34.7. The number of halogens is 1. The van der Waals surface area contributed by atoms with Crippen molar-refractivity contribution in [2.45, 2.75) is 26.2 Å². The molecule has 2 aromatic carbocycles. The van der Waals surface area contributed by atoms with Gasteiger partial charge in [0.1, 0.15) is 18.2 Å². The van der Waals surface area contributed by atoms with Crippen molar-refractivity contribution in [1.82, 2.24) is 14.8 Å². The number of aliphatic imine (C=N–C) groups is 2. The number of nitrogens with one attached hydrogen (secondary N) is 1. The molecule has 2 fully saturated rings. The van der Waals surface area contributed by atoms with Gasteiger partial charge >= 0.3 is 0 Å². The maximum atomic E-state index is 14.0. The van der Waals surface area contributed by atoms with Crippen LogP contribution in [0.3, 0.4) is 0 Å². The summed E-state index contributed by atoms with van der Waals surface area (Å²) in [4.78, 5) is 45.1. The number of amidine groups is 1. The highest BCUT2D eigenvalue weighted by atomic mass is 35.5. The lowest BCUT2D eigenvalue weighted by Gasteiger charge is -2.29. The summed E-state index contributed by atoms with van der Waals surface area (Å²) < 4.78 is 0. The molecule has 49 heavy (non-hydrogen) atoms. The fourth-order valence-electron chi connectivity index (χ4n) is 6.90. The molecule has 11 nitrogen and oxygen atoms in total. The molecule has 3 aromatic rings. The third kappa shape index (κ3) is 6.88. The van der Waals surface area contributed by atoms with Crippen molar-refractivity contribution in [3.8, 4) is 6.07 Å². The van der Waals surface area contributed by atoms with E-state index in [2.05, 4.69) is 25.9 Å². The molecular weight excluding hydrogens is 638 g/mol. The van der Waals surface area contributed by atoms with Crippen LogP contribution in [0, 0.1) is 29.1 Å². The molecule has 6 rings (SSSR count). The van der Waals surface area contributed by atoms with Crippen LogP contribution in [-0.4, -0.2) is 90.8 Å². The Labute approximate surface area is 290 Å². The van der Waals surface area contributed by atoms with Crippen LogP contribution in [0.2, 0.25) is 5.02 Å². The van der Waals surface area contributed by atoms with E-state index in [0.717, 1.165) is 28.8 Å². The molecule has 1 atom stereocenters. The van der Waals surface area contributed by atoms with E-state index < -0.39 is 5.41 Å². The molecule has 0 unspecified atom stereocenters. The van der Waals surface area contributed by atoms with Crippen LogP contribution in [0.5, 0.6) is 0 Å². The summed E-state index contributed by atoms with van der Waals surface area (Å²) >= 11 is 6.19. The minimum atomic E-state index is -0.526. The monoisotopic (exact) mass is 675 g/mol. The lowest BCUT2D eigenvalue weighted by atomic mass is 9.85. The van der Waals surface area contributed by atoms with E-state index in [1.807, 2.05) is 65.3 Å². The smallest absolute Gasteiger partial charge is 0.237 e. The molecule has 0 saturated carbocycles. The first-order valence-corrected chi connectivity index (χ1v) is 16.6. The van der Waals surface area contributed by atoms with Gasteiger partial charge in [-0.05, 0) is 67.6 Å². The Balaban J connectivity index is 1.06. The number of likely N-dealkylation sites (tertiary alicyclic amines) is 1. The maximum Gasteiger partial charge on any atom is 0.237 e. The average molecular weight is 676 g/mol. The Morgan fingerprint density at radius 2 is 1.92 bits per heavy atom. The summed E-state index contributed by atoms with van der Waals surface area (Å²) in [5, 5.41) is 18.2. The third-order valence-corrected chi connectivity index (χ3v) is 10.1. The van der Waals surface area contributed by atoms with Gasteiger partial charge in [0.15, 0.2) is 5.69 Å². The number of nitriles is 1. The SMILES string of the molecule is CN=CN=C(N)c1ccc(C2=CCN(C(=O)CN3CC[C@]4(CCN(c5ccc(C)c(C(=N)c6cnc(C#N)c(Cl)c6)c5)C4=O)C3)CC2)cc1. The first kappa shape index (κ1) is 33.7. The number of benzene rings is 2. The van der Waals surface area contributed by atoms with E-state index in [-0.39, 0.29) is 28.2 Å². The van der Waals surface area contributed by atoms with Crippen LogP contribution in [0.15, 0.2) is 70.8 Å². The van der Waals surface area contributed by atoms with Gasteiger partial charge in [0.25, 0.3) is 0 Å². The molecule has 1 spiro atoms. The normalized spacial score (nSPS) is 19.9. The summed E-state index contributed by atoms with van der Waals surface area (Å²) in [6.45, 7) is 5.22. The topological polar surface area (TPSA) is 155 Å². The highest BCUT2D eigenvalue weighted by Gasteiger charge is 2.51. The van der Waals surface area contributed by atoms with Crippen LogP contribution >= 0.6 is 11.6 Å². The maximum absolute atomic E-state index is 14.0. The molecular formula is C37H38ClN9O2. The second-order valence-electron chi connectivity index (χ2n) is 12.8. The van der Waals surface area contributed by atoms with Crippen molar-refractivity contribution in [2.24, 2.45) is 21.1 Å². The minimum Gasteiger partial charge on any atom is -0.383 e. The number of aryl methyl sites for hydroxylation is 1. The largest absolute Gasteiger partial charge is 0.383 e. The molecule has 4 heterocycles. The summed E-state index contributed by atoms with van der Waals surface area (Å²) in [7, 11) is 1.64. The second kappa shape index (κ2) is 14.1. The van der Waals surface area contributed by atoms with Crippen LogP contribution in [0.25, 0.3) is 5.57 Å². The van der Waals surface area contributed by atoms with E-state index >= 15 is 0 Å². The van der Waals surface area contributed by atoms with E-state index in [1.165, 1.54) is 18.1 Å². The lowest BCUT2D eigenvalue weighted by molar-refractivity contribution is -0.132. The molecule has 0 aliphatic carbocycles. The number of pyridine rings is 1. The number of hydrogen-bond donors (Lipinski definition) is 2. The predicted octanol–water partition coefficient (Wildman–Crippen LogP) is 4.44. The van der Waals surface area contributed by atoms with Gasteiger partial charge in [0.2, 0.25) is 11.8 Å². The van der Waals surface area contributed by atoms with Crippen LogP contribution in [0.4, 0.5) is 5.69 Å². The number of carbonyl (C=O) groups is 2. The Bertz CT molecular complexity index is 1950. The first-order chi connectivity index (χ1) is 23.6. The predicted molar refractivity (Wildman–Crippen MR) is 192 cm³/mol. The molecule has 2 amide bonds. The first-order valence-electron chi connectivity index (χ1n) is 16.2. The zero-order valence-corrected chi connectivity index (χ0v) is 28.4. The minimum absolute atomic E-state index is 0.0648. The van der Waals surface area contributed by atoms with E-state index in [4.69, 9.17) is 28.0 Å². The summed E-state index contributed by atoms with van der Waals surface area (Å²) in [5.74, 6) is 0.550. The molecule has 3 aliphatic heterocycles. The van der Waals surface area contributed by atoms with Gasteiger partial charge in [-0.2, -0.15) is 5.26 Å². The van der Waals surface area contributed by atoms with Crippen molar-refractivity contribution in [3.05, 3.63) is 99.3 Å². The third-order valence-electron chi connectivity index (χ3n) is 9.77. The van der Waals surface area contributed by atoms with Crippen molar-refractivity contribution in [3.63, 3.8) is 0 Å². The fraction of sp³-hybridized carbons (Fsp3) is 0.324. The van der Waals surface area contributed by atoms with Crippen molar-refractivity contribution >= 4 is 52.6 Å². The summed E-state index contributed by atoms with van der Waals surface area (Å²) in [5.41, 5.74) is 11.7. The number of rotatable bonds is 8. The van der Waals surface area contributed by atoms with Crippen molar-refractivity contribution in [2.75, 3.05) is 51.2 Å². The summed E-state index contributed by atoms with van der Waals surface area (Å²) in [6.07, 6.45) is 7.19. The van der Waals surface area contributed by atoms with Gasteiger partial charge in [-0.15, -0.1) is 0 Å². The number of anilines is 1. The number of hydrogen-bond acceptors (Lipinski definition) is 7. The van der Waals surface area contributed by atoms with Gasteiger partial charge in [-0.3, -0.25) is 24.9 Å². The van der Waals surface area contributed by atoms with E-state index in [9.17, 15) is 9.59 Å². The Morgan fingerprint density at radius 3 is 2.61 bits per heavy atom. The molecule has 3 aliphatic rings. The number of amides is 2. The highest BCUT2D eigenvalue weighted by molar-refractivity contribution is 6.32. The molecule has 12 heteroatoms.